The minimum absolute atomic E-state index is 0.00182. The van der Waals surface area contributed by atoms with Crippen LogP contribution in [-0.4, -0.2) is 41.5 Å². The van der Waals surface area contributed by atoms with Gasteiger partial charge in [0.05, 0.1) is 16.4 Å². The number of aromatic nitrogens is 2. The molecule has 0 unspecified atom stereocenters. The summed E-state index contributed by atoms with van der Waals surface area (Å²) in [5.41, 5.74) is 5.68. The Morgan fingerprint density at radius 3 is 2.38 bits per heavy atom. The summed E-state index contributed by atoms with van der Waals surface area (Å²) in [5.74, 6) is -0.557. The summed E-state index contributed by atoms with van der Waals surface area (Å²) in [7, 11) is 3.41. The number of aliphatic imine (C=N–C) groups is 1. The number of nitrogen functional groups attached to an aromatic ring is 1. The zero-order chi connectivity index (χ0) is 19.6. The van der Waals surface area contributed by atoms with Crippen LogP contribution in [0.3, 0.4) is 0 Å². The lowest BCUT2D eigenvalue weighted by Crippen LogP contribution is -2.17. The molecular formula is C14H11Cl2F3N6O. The van der Waals surface area contributed by atoms with Gasteiger partial charge in [-0.15, -0.1) is 13.2 Å². The molecule has 0 amide bonds. The molecule has 0 aliphatic rings. The van der Waals surface area contributed by atoms with Gasteiger partial charge in [0.1, 0.15) is 23.2 Å². The first-order valence-corrected chi connectivity index (χ1v) is 7.53. The maximum atomic E-state index is 12.4. The van der Waals surface area contributed by atoms with E-state index >= 15 is 0 Å². The Morgan fingerprint density at radius 2 is 1.92 bits per heavy atom. The van der Waals surface area contributed by atoms with E-state index in [0.29, 0.717) is 0 Å². The van der Waals surface area contributed by atoms with E-state index in [1.54, 1.807) is 25.1 Å². The number of halogens is 5. The molecule has 0 saturated heterocycles. The zero-order valence-electron chi connectivity index (χ0n) is 13.3. The zero-order valence-corrected chi connectivity index (χ0v) is 14.9. The molecule has 0 saturated carbocycles. The van der Waals surface area contributed by atoms with Crippen LogP contribution in [0.25, 0.3) is 5.69 Å². The molecule has 0 aliphatic carbocycles. The second kappa shape index (κ2) is 7.31. The number of nitrogens with two attached hydrogens (primary N) is 1. The maximum absolute atomic E-state index is 12.4. The predicted molar refractivity (Wildman–Crippen MR) is 91.2 cm³/mol. The van der Waals surface area contributed by atoms with Crippen LogP contribution in [0.15, 0.2) is 17.1 Å². The lowest BCUT2D eigenvalue weighted by Gasteiger charge is -2.13. The van der Waals surface area contributed by atoms with Gasteiger partial charge in [0, 0.05) is 26.2 Å². The second-order valence-corrected chi connectivity index (χ2v) is 5.92. The fraction of sp³-hybridized carbons (Fsp3) is 0.214. The molecule has 0 radical (unpaired) electrons. The van der Waals surface area contributed by atoms with E-state index in [1.165, 1.54) is 6.34 Å². The van der Waals surface area contributed by atoms with Crippen molar-refractivity contribution in [2.75, 3.05) is 19.8 Å². The fourth-order valence-electron chi connectivity index (χ4n) is 1.89. The maximum Gasteiger partial charge on any atom is 0.573 e. The van der Waals surface area contributed by atoms with Crippen LogP contribution in [0.4, 0.5) is 24.7 Å². The highest BCUT2D eigenvalue weighted by Gasteiger charge is 2.32. The summed E-state index contributed by atoms with van der Waals surface area (Å²) < 4.78 is 42.0. The van der Waals surface area contributed by atoms with Crippen molar-refractivity contribution in [3.63, 3.8) is 0 Å². The van der Waals surface area contributed by atoms with Crippen molar-refractivity contribution in [3.8, 4) is 17.5 Å². The number of anilines is 1. The van der Waals surface area contributed by atoms with E-state index < -0.39 is 12.1 Å². The Hall–Kier alpha value is -2.64. The number of hydrogen-bond donors (Lipinski definition) is 1. The van der Waals surface area contributed by atoms with E-state index in [1.807, 2.05) is 0 Å². The smallest absolute Gasteiger partial charge is 0.406 e. The first-order chi connectivity index (χ1) is 12.0. The third-order valence-electron chi connectivity index (χ3n) is 2.85. The van der Waals surface area contributed by atoms with Crippen LogP contribution in [0, 0.1) is 11.3 Å². The van der Waals surface area contributed by atoms with Gasteiger partial charge in [0.25, 0.3) is 0 Å². The Labute approximate surface area is 156 Å². The van der Waals surface area contributed by atoms with Gasteiger partial charge in [-0.3, -0.25) is 0 Å². The van der Waals surface area contributed by atoms with Crippen LogP contribution >= 0.6 is 23.2 Å². The number of hydrogen-bond acceptors (Lipinski definition) is 5. The van der Waals surface area contributed by atoms with E-state index in [-0.39, 0.29) is 32.9 Å². The standard InChI is InChI=1S/C14H11Cl2F3N6O/c1-24(2)6-22-13-11(21)10(5-20)23-25(13)12-8(15)3-7(4-9(12)16)26-14(17,18)19/h3-4,6H,21H2,1-2H3. The van der Waals surface area contributed by atoms with Gasteiger partial charge in [0.2, 0.25) is 0 Å². The van der Waals surface area contributed by atoms with Crippen LogP contribution < -0.4 is 10.5 Å². The number of benzene rings is 1. The van der Waals surface area contributed by atoms with Crippen molar-refractivity contribution in [1.82, 2.24) is 14.7 Å². The Bertz CT molecular complexity index is 878. The quantitative estimate of drug-likeness (QED) is 0.616. The topological polar surface area (TPSA) is 92.5 Å². The fourth-order valence-corrected chi connectivity index (χ4v) is 2.52. The van der Waals surface area contributed by atoms with Crippen molar-refractivity contribution in [2.24, 2.45) is 4.99 Å². The second-order valence-electron chi connectivity index (χ2n) is 5.10. The van der Waals surface area contributed by atoms with E-state index in [0.717, 1.165) is 16.8 Å². The third-order valence-corrected chi connectivity index (χ3v) is 3.43. The number of nitrogens with zero attached hydrogens (tertiary/aromatic N) is 5. The highest BCUT2D eigenvalue weighted by Crippen LogP contribution is 2.39. The average molecular weight is 407 g/mol. The molecular weight excluding hydrogens is 396 g/mol. The van der Waals surface area contributed by atoms with Gasteiger partial charge < -0.3 is 15.4 Å². The molecule has 1 aromatic carbocycles. The molecule has 1 heterocycles. The summed E-state index contributed by atoms with van der Waals surface area (Å²) >= 11 is 12.1. The molecule has 0 bridgehead atoms. The minimum atomic E-state index is -4.90. The van der Waals surface area contributed by atoms with Crippen LogP contribution in [0.1, 0.15) is 5.69 Å². The normalized spacial score (nSPS) is 11.6. The van der Waals surface area contributed by atoms with Crippen LogP contribution in [0.2, 0.25) is 10.0 Å². The van der Waals surface area contributed by atoms with Gasteiger partial charge in [0.15, 0.2) is 11.5 Å². The molecule has 2 rings (SSSR count). The van der Waals surface area contributed by atoms with E-state index in [4.69, 9.17) is 34.2 Å². The van der Waals surface area contributed by atoms with Crippen molar-refractivity contribution >= 4 is 41.0 Å². The number of nitriles is 1. The van der Waals surface area contributed by atoms with Gasteiger partial charge >= 0.3 is 6.36 Å². The van der Waals surface area contributed by atoms with E-state index in [9.17, 15) is 13.2 Å². The van der Waals surface area contributed by atoms with Gasteiger partial charge in [-0.1, -0.05) is 23.2 Å². The first kappa shape index (κ1) is 19.7. The monoisotopic (exact) mass is 406 g/mol. The van der Waals surface area contributed by atoms with Crippen molar-refractivity contribution in [2.45, 2.75) is 6.36 Å². The summed E-state index contributed by atoms with van der Waals surface area (Å²) in [4.78, 5) is 5.71. The lowest BCUT2D eigenvalue weighted by atomic mass is 10.3. The molecule has 7 nitrogen and oxygen atoms in total. The molecule has 2 aromatic rings. The number of ether oxygens (including phenoxy) is 1. The van der Waals surface area contributed by atoms with Gasteiger partial charge in [-0.25, -0.2) is 9.67 Å². The minimum Gasteiger partial charge on any atom is -0.406 e. The number of rotatable bonds is 4. The average Bonchev–Trinajstić information content (AvgIpc) is 2.78. The number of alkyl halides is 3. The SMILES string of the molecule is CN(C)C=Nc1c(N)c(C#N)nn1-c1c(Cl)cc(OC(F)(F)F)cc1Cl. The molecule has 0 atom stereocenters. The first-order valence-electron chi connectivity index (χ1n) is 6.78. The van der Waals surface area contributed by atoms with Gasteiger partial charge in [-0.2, -0.15) is 10.4 Å². The molecule has 12 heteroatoms. The molecule has 2 N–H and O–H groups in total. The molecule has 0 aliphatic heterocycles. The Balaban J connectivity index is 2.63. The van der Waals surface area contributed by atoms with Crippen molar-refractivity contribution < 1.29 is 17.9 Å². The molecule has 138 valence electrons. The van der Waals surface area contributed by atoms with Crippen LogP contribution in [-0.2, 0) is 0 Å². The molecule has 26 heavy (non-hydrogen) atoms. The highest BCUT2D eigenvalue weighted by atomic mass is 35.5. The Kier molecular flexibility index (Phi) is 5.53. The van der Waals surface area contributed by atoms with Gasteiger partial charge in [-0.05, 0) is 0 Å². The molecule has 0 fully saturated rings. The summed E-state index contributed by atoms with van der Waals surface area (Å²) in [6.07, 6.45) is -3.51. The third kappa shape index (κ3) is 4.30. The molecule has 0 spiro atoms. The van der Waals surface area contributed by atoms with Crippen molar-refractivity contribution in [3.05, 3.63) is 27.9 Å². The summed E-state index contributed by atoms with van der Waals surface area (Å²) in [6, 6.07) is 3.62. The summed E-state index contributed by atoms with van der Waals surface area (Å²) in [5, 5.41) is 12.7. The van der Waals surface area contributed by atoms with Crippen LogP contribution in [0.5, 0.6) is 5.75 Å². The highest BCUT2D eigenvalue weighted by molar-refractivity contribution is 6.38. The lowest BCUT2D eigenvalue weighted by molar-refractivity contribution is -0.274. The Morgan fingerprint density at radius 1 is 1.35 bits per heavy atom. The van der Waals surface area contributed by atoms with E-state index in [2.05, 4.69) is 14.8 Å². The molecule has 1 aromatic heterocycles. The van der Waals surface area contributed by atoms with Crippen molar-refractivity contribution in [1.29, 1.82) is 5.26 Å². The predicted octanol–water partition coefficient (Wildman–Crippen LogP) is 3.75. The summed E-state index contributed by atoms with van der Waals surface area (Å²) in [6.45, 7) is 0. The largest absolute Gasteiger partial charge is 0.573 e.